The Morgan fingerprint density at radius 3 is 2.70 bits per heavy atom. The molecule has 0 aliphatic carbocycles. The quantitative estimate of drug-likeness (QED) is 0.607. The zero-order valence-electron chi connectivity index (χ0n) is 10.4. The van der Waals surface area contributed by atoms with Crippen LogP contribution in [0.25, 0.3) is 32.4 Å². The Labute approximate surface area is 119 Å². The van der Waals surface area contributed by atoms with E-state index in [2.05, 4.69) is 32.1 Å². The van der Waals surface area contributed by atoms with Crippen LogP contribution in [0.1, 0.15) is 0 Å². The van der Waals surface area contributed by atoms with Crippen LogP contribution in [0.15, 0.2) is 54.9 Å². The van der Waals surface area contributed by atoms with Crippen LogP contribution in [0, 0.1) is 0 Å². The van der Waals surface area contributed by atoms with Gasteiger partial charge >= 0.3 is 0 Å². The van der Waals surface area contributed by atoms with Gasteiger partial charge in [-0.3, -0.25) is 0 Å². The first-order chi connectivity index (χ1) is 9.90. The summed E-state index contributed by atoms with van der Waals surface area (Å²) in [7, 11) is 0. The summed E-state index contributed by atoms with van der Waals surface area (Å²) in [4.78, 5) is 17.5. The lowest BCUT2D eigenvalue weighted by atomic mass is 10.2. The number of rotatable bonds is 2. The molecule has 0 unspecified atom stereocenters. The third-order valence-corrected chi connectivity index (χ3v) is 4.07. The average Bonchev–Trinajstić information content (AvgIpc) is 3.14. The Hall–Kier alpha value is -2.53. The second kappa shape index (κ2) is 4.54. The van der Waals surface area contributed by atoms with E-state index in [1.807, 2.05) is 36.5 Å². The van der Waals surface area contributed by atoms with Crippen molar-refractivity contribution in [3.63, 3.8) is 0 Å². The van der Waals surface area contributed by atoms with Crippen LogP contribution in [-0.2, 0) is 0 Å². The number of thiazole rings is 1. The van der Waals surface area contributed by atoms with Crippen LogP contribution in [0.3, 0.4) is 0 Å². The van der Waals surface area contributed by atoms with E-state index in [-0.39, 0.29) is 0 Å². The Bertz CT molecular complexity index is 831. The highest BCUT2D eigenvalue weighted by atomic mass is 32.1. The second-order valence-electron chi connectivity index (χ2n) is 4.36. The zero-order valence-corrected chi connectivity index (χ0v) is 11.3. The smallest absolute Gasteiger partial charge is 0.178 e. The van der Waals surface area contributed by atoms with Gasteiger partial charge in [0, 0.05) is 18.0 Å². The molecule has 5 heteroatoms. The van der Waals surface area contributed by atoms with E-state index in [1.54, 1.807) is 17.5 Å². The van der Waals surface area contributed by atoms with Crippen LogP contribution < -0.4 is 0 Å². The van der Waals surface area contributed by atoms with Gasteiger partial charge in [0.05, 0.1) is 10.4 Å². The maximum Gasteiger partial charge on any atom is 0.178 e. The number of aromatic nitrogens is 4. The number of imidazole rings is 1. The highest BCUT2D eigenvalue weighted by Crippen LogP contribution is 2.31. The van der Waals surface area contributed by atoms with Crippen molar-refractivity contribution in [1.82, 2.24) is 19.9 Å². The molecule has 4 rings (SSSR count). The molecule has 0 fully saturated rings. The lowest BCUT2D eigenvalue weighted by molar-refractivity contribution is 1.30. The first-order valence-corrected chi connectivity index (χ1v) is 7.04. The van der Waals surface area contributed by atoms with Gasteiger partial charge in [0.1, 0.15) is 5.01 Å². The van der Waals surface area contributed by atoms with E-state index < -0.39 is 0 Å². The minimum absolute atomic E-state index is 0.733. The van der Waals surface area contributed by atoms with Crippen LogP contribution in [-0.4, -0.2) is 19.9 Å². The molecular formula is C15H10N4S. The summed E-state index contributed by atoms with van der Waals surface area (Å²) in [6.45, 7) is 0. The largest absolute Gasteiger partial charge is 0.336 e. The van der Waals surface area contributed by atoms with Gasteiger partial charge in [0.25, 0.3) is 0 Å². The number of fused-ring (bicyclic) bond motifs is 1. The predicted molar refractivity (Wildman–Crippen MR) is 80.4 cm³/mol. The number of nitrogens with one attached hydrogen (secondary N) is 1. The molecular weight excluding hydrogens is 268 g/mol. The van der Waals surface area contributed by atoms with Crippen LogP contribution in [0.4, 0.5) is 0 Å². The van der Waals surface area contributed by atoms with Gasteiger partial charge in [-0.15, -0.1) is 11.3 Å². The van der Waals surface area contributed by atoms with Crippen LogP contribution in [0.2, 0.25) is 0 Å². The standard InChI is InChI=1S/C15H10N4S/c1-2-5-10(6-3-1)15-17-9-12(20-15)14-18-11-7-4-8-16-13(11)19-14/h1-9H,(H,16,18,19). The molecule has 4 nitrogen and oxygen atoms in total. The number of nitrogens with zero attached hydrogens (tertiary/aromatic N) is 3. The number of benzene rings is 1. The summed E-state index contributed by atoms with van der Waals surface area (Å²) in [6.07, 6.45) is 3.60. The van der Waals surface area contributed by atoms with Gasteiger partial charge in [-0.25, -0.2) is 15.0 Å². The van der Waals surface area contributed by atoms with E-state index in [0.29, 0.717) is 0 Å². The van der Waals surface area contributed by atoms with Crippen LogP contribution >= 0.6 is 11.3 Å². The van der Waals surface area contributed by atoms with Gasteiger partial charge in [-0.2, -0.15) is 0 Å². The molecule has 3 heterocycles. The first-order valence-electron chi connectivity index (χ1n) is 6.22. The highest BCUT2D eigenvalue weighted by molar-refractivity contribution is 7.18. The minimum Gasteiger partial charge on any atom is -0.336 e. The van der Waals surface area contributed by atoms with Crippen molar-refractivity contribution >= 4 is 22.5 Å². The van der Waals surface area contributed by atoms with Crippen molar-refractivity contribution in [2.45, 2.75) is 0 Å². The fourth-order valence-electron chi connectivity index (χ4n) is 2.06. The fourth-order valence-corrected chi connectivity index (χ4v) is 2.93. The third kappa shape index (κ3) is 1.88. The fraction of sp³-hybridized carbons (Fsp3) is 0. The summed E-state index contributed by atoms with van der Waals surface area (Å²) >= 11 is 1.62. The van der Waals surface area contributed by atoms with Crippen molar-refractivity contribution < 1.29 is 0 Å². The third-order valence-electron chi connectivity index (χ3n) is 3.02. The van der Waals surface area contributed by atoms with Gasteiger partial charge in [0.15, 0.2) is 11.5 Å². The molecule has 1 N–H and O–H groups in total. The number of H-pyrrole nitrogens is 1. The minimum atomic E-state index is 0.733. The van der Waals surface area contributed by atoms with Crippen molar-refractivity contribution in [3.05, 3.63) is 54.9 Å². The Kier molecular flexibility index (Phi) is 2.57. The number of hydrogen-bond acceptors (Lipinski definition) is 4. The van der Waals surface area contributed by atoms with Crippen LogP contribution in [0.5, 0.6) is 0 Å². The molecule has 0 saturated carbocycles. The van der Waals surface area contributed by atoms with Gasteiger partial charge in [0.2, 0.25) is 0 Å². The summed E-state index contributed by atoms with van der Waals surface area (Å²) in [6, 6.07) is 14.0. The van der Waals surface area contributed by atoms with Gasteiger partial charge < -0.3 is 4.98 Å². The molecule has 4 aromatic rings. The first kappa shape index (κ1) is 11.3. The Morgan fingerprint density at radius 2 is 1.85 bits per heavy atom. The molecule has 0 radical (unpaired) electrons. The highest BCUT2D eigenvalue weighted by Gasteiger charge is 2.10. The molecule has 0 atom stereocenters. The predicted octanol–water partition coefficient (Wildman–Crippen LogP) is 3.75. The lowest BCUT2D eigenvalue weighted by Crippen LogP contribution is -1.73. The maximum atomic E-state index is 4.49. The van der Waals surface area contributed by atoms with E-state index in [9.17, 15) is 0 Å². The SMILES string of the molecule is c1ccc(-c2ncc(-c3nc4ncccc4[nH]3)s2)cc1. The molecule has 3 aromatic heterocycles. The summed E-state index contributed by atoms with van der Waals surface area (Å²) < 4.78 is 0. The van der Waals surface area contributed by atoms with Gasteiger partial charge in [-0.05, 0) is 12.1 Å². The number of pyridine rings is 1. The Morgan fingerprint density at radius 1 is 0.950 bits per heavy atom. The molecule has 0 spiro atoms. The number of aromatic amines is 1. The van der Waals surface area contributed by atoms with E-state index in [4.69, 9.17) is 0 Å². The summed E-state index contributed by atoms with van der Waals surface area (Å²) in [5, 5.41) is 0.994. The van der Waals surface area contributed by atoms with E-state index in [0.717, 1.165) is 32.4 Å². The van der Waals surface area contributed by atoms with Crippen molar-refractivity contribution in [2.24, 2.45) is 0 Å². The Balaban J connectivity index is 1.78. The molecule has 20 heavy (non-hydrogen) atoms. The monoisotopic (exact) mass is 278 g/mol. The molecule has 0 aliphatic heterocycles. The number of hydrogen-bond donors (Lipinski definition) is 1. The molecule has 0 aliphatic rings. The molecule has 1 aromatic carbocycles. The van der Waals surface area contributed by atoms with Crippen molar-refractivity contribution in [1.29, 1.82) is 0 Å². The normalized spacial score (nSPS) is 11.0. The van der Waals surface area contributed by atoms with E-state index >= 15 is 0 Å². The maximum absolute atomic E-state index is 4.49. The lowest BCUT2D eigenvalue weighted by Gasteiger charge is -1.92. The molecule has 0 bridgehead atoms. The summed E-state index contributed by atoms with van der Waals surface area (Å²) in [5.41, 5.74) is 2.80. The van der Waals surface area contributed by atoms with Gasteiger partial charge in [-0.1, -0.05) is 30.3 Å². The molecule has 0 saturated heterocycles. The van der Waals surface area contributed by atoms with Crippen molar-refractivity contribution in [2.75, 3.05) is 0 Å². The molecule has 0 amide bonds. The van der Waals surface area contributed by atoms with E-state index in [1.165, 1.54) is 0 Å². The van der Waals surface area contributed by atoms with Crippen molar-refractivity contribution in [3.8, 4) is 21.3 Å². The second-order valence-corrected chi connectivity index (χ2v) is 5.39. The molecule has 96 valence electrons. The summed E-state index contributed by atoms with van der Waals surface area (Å²) in [5.74, 6) is 0.818. The average molecular weight is 278 g/mol. The topological polar surface area (TPSA) is 54.5 Å². The zero-order chi connectivity index (χ0) is 13.4.